The monoisotopic (exact) mass is 450 g/mol. The molecule has 0 radical (unpaired) electrons. The van der Waals surface area contributed by atoms with Crippen molar-refractivity contribution in [2.24, 2.45) is 11.8 Å². The fourth-order valence-electron chi connectivity index (χ4n) is 4.81. The number of hydrogen-bond acceptors (Lipinski definition) is 7. The lowest BCUT2D eigenvalue weighted by Crippen LogP contribution is -2.34. The number of rotatable bonds is 3. The molecule has 6 rings (SSSR count). The second kappa shape index (κ2) is 7.45. The Morgan fingerprint density at radius 3 is 2.85 bits per heavy atom. The van der Waals surface area contributed by atoms with E-state index in [1.54, 1.807) is 18.3 Å². The third kappa shape index (κ3) is 3.29. The lowest BCUT2D eigenvalue weighted by Gasteiger charge is -2.22. The molecule has 170 valence electrons. The van der Waals surface area contributed by atoms with Crippen LogP contribution in [-0.4, -0.2) is 48.4 Å². The average Bonchev–Trinajstić information content (AvgIpc) is 3.22. The minimum Gasteiger partial charge on any atom is -0.474 e. The molecule has 33 heavy (non-hydrogen) atoms. The fraction of sp³-hybridized carbons (Fsp3) is 0.348. The highest BCUT2D eigenvalue weighted by molar-refractivity contribution is 6.00. The Kier molecular flexibility index (Phi) is 4.51. The number of halogens is 1. The summed E-state index contributed by atoms with van der Waals surface area (Å²) in [5.74, 6) is 1.13. The maximum atomic E-state index is 15.3. The van der Waals surface area contributed by atoms with Crippen LogP contribution in [0.25, 0.3) is 21.9 Å². The van der Waals surface area contributed by atoms with Gasteiger partial charge in [0.25, 0.3) is 0 Å². The van der Waals surface area contributed by atoms with Crippen LogP contribution >= 0.6 is 0 Å². The van der Waals surface area contributed by atoms with Gasteiger partial charge < -0.3 is 25.8 Å². The summed E-state index contributed by atoms with van der Waals surface area (Å²) >= 11 is 0. The number of pyridine rings is 2. The van der Waals surface area contributed by atoms with Crippen LogP contribution in [0.4, 0.5) is 26.4 Å². The van der Waals surface area contributed by atoms with Gasteiger partial charge in [0.15, 0.2) is 5.82 Å². The van der Waals surface area contributed by atoms with Crippen LogP contribution in [0.3, 0.4) is 0 Å². The number of carbonyl (C=O) groups is 1. The first kappa shape index (κ1) is 20.0. The standard InChI is InChI=1S/C23H23FN6O3/c1-10-13(6-28-22-20(10)26-2-3-33-22)12-4-11-5-17(27-7-14(11)19(25)18(12)24)29-23(31)30-21-15-8-32-9-16(15)21/h4-7,15-16,21,26H,2-3,8-9,25H2,1H3,(H2,27,29,30,31)/t15-,16+,21-. The zero-order valence-electron chi connectivity index (χ0n) is 17.9. The number of aromatic nitrogens is 2. The van der Waals surface area contributed by atoms with Gasteiger partial charge in [-0.05, 0) is 30.0 Å². The number of urea groups is 1. The van der Waals surface area contributed by atoms with Gasteiger partial charge >= 0.3 is 6.03 Å². The SMILES string of the molecule is Cc1c(-c2cc3cc(NC(=O)N[C@@H]4[C@@H]5COC[C@@H]54)ncc3c(N)c2F)cnc2c1NCCO2. The lowest BCUT2D eigenvalue weighted by molar-refractivity contribution is 0.157. The summed E-state index contributed by atoms with van der Waals surface area (Å²) in [7, 11) is 0. The molecule has 0 bridgehead atoms. The van der Waals surface area contributed by atoms with E-state index in [1.165, 1.54) is 6.20 Å². The molecule has 1 saturated carbocycles. The quantitative estimate of drug-likeness (QED) is 0.453. The van der Waals surface area contributed by atoms with Crippen molar-refractivity contribution in [1.82, 2.24) is 15.3 Å². The molecule has 1 saturated heterocycles. The normalized spacial score (nSPS) is 22.7. The van der Waals surface area contributed by atoms with Gasteiger partial charge in [-0.15, -0.1) is 0 Å². The van der Waals surface area contributed by atoms with E-state index in [0.717, 1.165) is 11.3 Å². The van der Waals surface area contributed by atoms with Crippen molar-refractivity contribution >= 4 is 34.0 Å². The predicted octanol–water partition coefficient (Wildman–Crippen LogP) is 2.90. The number of benzene rings is 1. The molecule has 3 aliphatic rings. The maximum Gasteiger partial charge on any atom is 0.320 e. The summed E-state index contributed by atoms with van der Waals surface area (Å²) in [5, 5.41) is 10.1. The van der Waals surface area contributed by atoms with Crippen molar-refractivity contribution in [1.29, 1.82) is 0 Å². The van der Waals surface area contributed by atoms with Crippen LogP contribution in [0, 0.1) is 24.6 Å². The third-order valence-corrected chi connectivity index (χ3v) is 6.73. The molecular weight excluding hydrogens is 427 g/mol. The molecule has 1 aromatic carbocycles. The van der Waals surface area contributed by atoms with Crippen molar-refractivity contribution < 1.29 is 18.7 Å². The Morgan fingerprint density at radius 2 is 2.03 bits per heavy atom. The van der Waals surface area contributed by atoms with E-state index in [0.29, 0.717) is 71.8 Å². The number of nitrogens with zero attached hydrogens (tertiary/aromatic N) is 2. The van der Waals surface area contributed by atoms with Crippen molar-refractivity contribution in [3.8, 4) is 17.0 Å². The first-order chi connectivity index (χ1) is 16.0. The largest absolute Gasteiger partial charge is 0.474 e. The molecule has 5 N–H and O–H groups in total. The van der Waals surface area contributed by atoms with Gasteiger partial charge in [0.2, 0.25) is 5.88 Å². The molecule has 3 atom stereocenters. The van der Waals surface area contributed by atoms with E-state index < -0.39 is 5.82 Å². The number of nitrogens with two attached hydrogens (primary N) is 1. The molecule has 2 fully saturated rings. The number of carbonyl (C=O) groups excluding carboxylic acids is 1. The van der Waals surface area contributed by atoms with Crippen molar-refractivity contribution in [2.75, 3.05) is 42.7 Å². The van der Waals surface area contributed by atoms with Gasteiger partial charge in [0, 0.05) is 53.3 Å². The first-order valence-electron chi connectivity index (χ1n) is 10.9. The molecule has 0 unspecified atom stereocenters. The predicted molar refractivity (Wildman–Crippen MR) is 122 cm³/mol. The highest BCUT2D eigenvalue weighted by Crippen LogP contribution is 2.44. The Balaban J connectivity index is 1.32. The van der Waals surface area contributed by atoms with Gasteiger partial charge in [-0.2, -0.15) is 0 Å². The molecule has 2 amide bonds. The Bertz CT molecular complexity index is 1290. The minimum absolute atomic E-state index is 0.00172. The fourth-order valence-corrected chi connectivity index (χ4v) is 4.81. The smallest absolute Gasteiger partial charge is 0.320 e. The summed E-state index contributed by atoms with van der Waals surface area (Å²) in [6.07, 6.45) is 3.06. The van der Waals surface area contributed by atoms with Gasteiger partial charge in [-0.1, -0.05) is 0 Å². The van der Waals surface area contributed by atoms with E-state index in [1.807, 2.05) is 6.92 Å². The van der Waals surface area contributed by atoms with Crippen molar-refractivity contribution in [3.63, 3.8) is 0 Å². The number of fused-ring (bicyclic) bond motifs is 3. The molecule has 2 aliphatic heterocycles. The molecule has 0 spiro atoms. The lowest BCUT2D eigenvalue weighted by atomic mass is 9.97. The van der Waals surface area contributed by atoms with E-state index in [2.05, 4.69) is 25.9 Å². The molecular formula is C23H23FN6O3. The van der Waals surface area contributed by atoms with Crippen LogP contribution in [0.1, 0.15) is 5.56 Å². The highest BCUT2D eigenvalue weighted by atomic mass is 19.1. The Morgan fingerprint density at radius 1 is 1.21 bits per heavy atom. The zero-order valence-corrected chi connectivity index (χ0v) is 17.9. The van der Waals surface area contributed by atoms with Crippen LogP contribution in [0.5, 0.6) is 5.88 Å². The van der Waals surface area contributed by atoms with Gasteiger partial charge in [-0.3, -0.25) is 5.32 Å². The molecule has 9 nitrogen and oxygen atoms in total. The maximum absolute atomic E-state index is 15.3. The van der Waals surface area contributed by atoms with E-state index in [9.17, 15) is 4.79 Å². The molecule has 10 heteroatoms. The van der Waals surface area contributed by atoms with Crippen LogP contribution in [0.2, 0.25) is 0 Å². The average molecular weight is 450 g/mol. The van der Waals surface area contributed by atoms with Gasteiger partial charge in [-0.25, -0.2) is 19.2 Å². The number of nitrogen functional groups attached to an aromatic ring is 1. The number of ether oxygens (including phenoxy) is 2. The molecule has 3 aromatic rings. The third-order valence-electron chi connectivity index (χ3n) is 6.73. The summed E-state index contributed by atoms with van der Waals surface area (Å²) in [5.41, 5.74) is 8.65. The molecule has 4 heterocycles. The van der Waals surface area contributed by atoms with Gasteiger partial charge in [0.1, 0.15) is 18.1 Å². The second-order valence-electron chi connectivity index (χ2n) is 8.68. The second-order valence-corrected chi connectivity index (χ2v) is 8.68. The minimum atomic E-state index is -0.535. The van der Waals surface area contributed by atoms with E-state index in [-0.39, 0.29) is 17.8 Å². The first-order valence-corrected chi connectivity index (χ1v) is 10.9. The van der Waals surface area contributed by atoms with E-state index >= 15 is 4.39 Å². The van der Waals surface area contributed by atoms with Crippen molar-refractivity contribution in [2.45, 2.75) is 13.0 Å². The highest BCUT2D eigenvalue weighted by Gasteiger charge is 2.54. The van der Waals surface area contributed by atoms with Crippen molar-refractivity contribution in [3.05, 3.63) is 35.9 Å². The number of anilines is 3. The molecule has 1 aliphatic carbocycles. The summed E-state index contributed by atoms with van der Waals surface area (Å²) in [6, 6.07) is 3.22. The number of amides is 2. The van der Waals surface area contributed by atoms with Crippen LogP contribution in [0.15, 0.2) is 24.5 Å². The summed E-state index contributed by atoms with van der Waals surface area (Å²) in [4.78, 5) is 21.0. The number of hydrogen-bond donors (Lipinski definition) is 4. The van der Waals surface area contributed by atoms with E-state index in [4.69, 9.17) is 15.2 Å². The summed E-state index contributed by atoms with van der Waals surface area (Å²) in [6.45, 7) is 4.45. The topological polar surface area (TPSA) is 123 Å². The van der Waals surface area contributed by atoms with Gasteiger partial charge in [0.05, 0.1) is 18.9 Å². The van der Waals surface area contributed by atoms with Crippen LogP contribution < -0.4 is 26.4 Å². The zero-order chi connectivity index (χ0) is 22.7. The number of nitrogens with one attached hydrogen (secondary N) is 3. The Labute approximate surface area is 188 Å². The Hall–Kier alpha value is -3.66. The molecule has 2 aromatic heterocycles. The summed E-state index contributed by atoms with van der Waals surface area (Å²) < 4.78 is 26.2. The van der Waals surface area contributed by atoms with Crippen LogP contribution in [-0.2, 0) is 4.74 Å².